The topological polar surface area (TPSA) is 171 Å². The van der Waals surface area contributed by atoms with Crippen molar-refractivity contribution in [3.8, 4) is 0 Å². The van der Waals surface area contributed by atoms with Gasteiger partial charge in [-0.1, -0.05) is 50.6 Å². The standard InChI is InChI=1S/C26H36N6O5/c1-3-16(2)22(24(34)30-20(26(36)37)13-18-14-28-15-29-18)31-23(33)21-10-7-11-32(21)25(35)19(27)12-17-8-5-4-6-9-17/h4-6,8-9,14-16,19-22H,3,7,10-13,27H2,1-2H3,(H,28,29)(H,30,34)(H,31,33)(H,36,37). The lowest BCUT2D eigenvalue weighted by Crippen LogP contribution is -2.58. The van der Waals surface area contributed by atoms with Crippen LogP contribution < -0.4 is 16.4 Å². The number of carbonyl (C=O) groups excluding carboxylic acids is 3. The van der Waals surface area contributed by atoms with Gasteiger partial charge in [0, 0.05) is 24.9 Å². The number of imidazole rings is 1. The van der Waals surface area contributed by atoms with Crippen molar-refractivity contribution in [1.82, 2.24) is 25.5 Å². The summed E-state index contributed by atoms with van der Waals surface area (Å²) in [4.78, 5) is 59.5. The molecule has 1 aromatic carbocycles. The van der Waals surface area contributed by atoms with Crippen molar-refractivity contribution in [1.29, 1.82) is 0 Å². The summed E-state index contributed by atoms with van der Waals surface area (Å²) < 4.78 is 0. The second-order valence-corrected chi connectivity index (χ2v) is 9.54. The molecule has 2 heterocycles. The van der Waals surface area contributed by atoms with Crippen molar-refractivity contribution in [2.24, 2.45) is 11.7 Å². The fraction of sp³-hybridized carbons (Fsp3) is 0.500. The monoisotopic (exact) mass is 512 g/mol. The number of amides is 3. The highest BCUT2D eigenvalue weighted by molar-refractivity contribution is 5.94. The molecule has 11 nitrogen and oxygen atoms in total. The first-order valence-corrected chi connectivity index (χ1v) is 12.6. The van der Waals surface area contributed by atoms with Crippen LogP contribution in [0, 0.1) is 5.92 Å². The van der Waals surface area contributed by atoms with Crippen LogP contribution in [0.15, 0.2) is 42.9 Å². The Balaban J connectivity index is 1.67. The molecule has 0 saturated carbocycles. The van der Waals surface area contributed by atoms with Crippen molar-refractivity contribution in [2.75, 3.05) is 6.54 Å². The number of carbonyl (C=O) groups is 4. The van der Waals surface area contributed by atoms with Gasteiger partial charge in [0.15, 0.2) is 0 Å². The number of H-pyrrole nitrogens is 1. The Bertz CT molecular complexity index is 1060. The number of aliphatic carboxylic acids is 1. The van der Waals surface area contributed by atoms with Crippen molar-refractivity contribution in [2.45, 2.75) is 70.1 Å². The first-order chi connectivity index (χ1) is 17.7. The smallest absolute Gasteiger partial charge is 0.326 e. The predicted molar refractivity (Wildman–Crippen MR) is 136 cm³/mol. The van der Waals surface area contributed by atoms with E-state index in [0.29, 0.717) is 37.9 Å². The van der Waals surface area contributed by atoms with Gasteiger partial charge in [0.05, 0.1) is 12.4 Å². The maximum atomic E-state index is 13.3. The van der Waals surface area contributed by atoms with E-state index in [2.05, 4.69) is 20.6 Å². The summed E-state index contributed by atoms with van der Waals surface area (Å²) in [6, 6.07) is 5.75. The first kappa shape index (κ1) is 27.9. The Morgan fingerprint density at radius 2 is 1.92 bits per heavy atom. The number of aromatic nitrogens is 2. The maximum absolute atomic E-state index is 13.3. The van der Waals surface area contributed by atoms with E-state index in [1.54, 1.807) is 0 Å². The Hall–Kier alpha value is -3.73. The SMILES string of the molecule is CCC(C)C(NC(=O)C1CCCN1C(=O)C(N)Cc1ccccc1)C(=O)NC(Cc1cnc[nH]1)C(=O)O. The second kappa shape index (κ2) is 13.0. The molecular formula is C26H36N6O5. The molecule has 0 bridgehead atoms. The quantitative estimate of drug-likeness (QED) is 0.277. The number of carboxylic acids is 1. The molecule has 1 aliphatic rings. The summed E-state index contributed by atoms with van der Waals surface area (Å²) in [5.41, 5.74) is 7.69. The van der Waals surface area contributed by atoms with E-state index in [1.807, 2.05) is 44.2 Å². The van der Waals surface area contributed by atoms with Crippen LogP contribution in [0.5, 0.6) is 0 Å². The zero-order chi connectivity index (χ0) is 26.9. The molecule has 0 aliphatic carbocycles. The molecule has 1 aromatic heterocycles. The lowest BCUT2D eigenvalue weighted by Gasteiger charge is -2.30. The van der Waals surface area contributed by atoms with Crippen LogP contribution in [0.1, 0.15) is 44.4 Å². The second-order valence-electron chi connectivity index (χ2n) is 9.54. The Morgan fingerprint density at radius 1 is 1.19 bits per heavy atom. The molecule has 5 atom stereocenters. The molecular weight excluding hydrogens is 476 g/mol. The third-order valence-electron chi connectivity index (χ3n) is 6.84. The average molecular weight is 513 g/mol. The van der Waals surface area contributed by atoms with E-state index in [1.165, 1.54) is 17.4 Å². The first-order valence-electron chi connectivity index (χ1n) is 12.6. The fourth-order valence-electron chi connectivity index (χ4n) is 4.50. The van der Waals surface area contributed by atoms with Crippen LogP contribution >= 0.6 is 0 Å². The van der Waals surface area contributed by atoms with Crippen LogP contribution in [-0.4, -0.2) is 74.4 Å². The van der Waals surface area contributed by atoms with Gasteiger partial charge >= 0.3 is 5.97 Å². The highest BCUT2D eigenvalue weighted by Gasteiger charge is 2.38. The van der Waals surface area contributed by atoms with Gasteiger partial charge in [-0.3, -0.25) is 14.4 Å². The number of rotatable bonds is 12. The van der Waals surface area contributed by atoms with Gasteiger partial charge in [-0.15, -0.1) is 0 Å². The van der Waals surface area contributed by atoms with Gasteiger partial charge in [0.1, 0.15) is 18.1 Å². The molecule has 1 aliphatic heterocycles. The molecule has 0 spiro atoms. The van der Waals surface area contributed by atoms with E-state index in [4.69, 9.17) is 5.73 Å². The van der Waals surface area contributed by atoms with E-state index in [9.17, 15) is 24.3 Å². The van der Waals surface area contributed by atoms with Crippen molar-refractivity contribution in [3.05, 3.63) is 54.1 Å². The summed E-state index contributed by atoms with van der Waals surface area (Å²) in [6.45, 7) is 4.10. The van der Waals surface area contributed by atoms with Gasteiger partial charge < -0.3 is 31.4 Å². The minimum absolute atomic E-state index is 0.0203. The molecule has 5 unspecified atom stereocenters. The van der Waals surface area contributed by atoms with E-state index < -0.39 is 42.0 Å². The van der Waals surface area contributed by atoms with Crippen molar-refractivity contribution >= 4 is 23.7 Å². The van der Waals surface area contributed by atoms with Gasteiger partial charge in [-0.2, -0.15) is 0 Å². The molecule has 11 heteroatoms. The molecule has 200 valence electrons. The molecule has 1 fully saturated rings. The summed E-state index contributed by atoms with van der Waals surface area (Å²) in [5.74, 6) is -2.81. The van der Waals surface area contributed by atoms with Gasteiger partial charge in [0.25, 0.3) is 0 Å². The molecule has 0 radical (unpaired) electrons. The number of benzene rings is 1. The maximum Gasteiger partial charge on any atom is 0.326 e. The zero-order valence-electron chi connectivity index (χ0n) is 21.2. The lowest BCUT2D eigenvalue weighted by molar-refractivity contribution is -0.143. The number of hydrogen-bond acceptors (Lipinski definition) is 6. The summed E-state index contributed by atoms with van der Waals surface area (Å²) in [6.07, 6.45) is 4.98. The number of aromatic amines is 1. The average Bonchev–Trinajstić information content (AvgIpc) is 3.58. The molecule has 6 N–H and O–H groups in total. The number of nitrogens with zero attached hydrogens (tertiary/aromatic N) is 2. The minimum Gasteiger partial charge on any atom is -0.480 e. The van der Waals surface area contributed by atoms with Gasteiger partial charge in [0.2, 0.25) is 17.7 Å². The number of likely N-dealkylation sites (tertiary alicyclic amines) is 1. The lowest BCUT2D eigenvalue weighted by atomic mass is 9.97. The summed E-state index contributed by atoms with van der Waals surface area (Å²) in [7, 11) is 0. The Kier molecular flexibility index (Phi) is 9.78. The number of carboxylic acid groups (broad SMARTS) is 1. The number of nitrogens with two attached hydrogens (primary N) is 1. The summed E-state index contributed by atoms with van der Waals surface area (Å²) in [5, 5.41) is 14.9. The molecule has 3 amide bonds. The number of nitrogens with one attached hydrogen (secondary N) is 3. The van der Waals surface area contributed by atoms with Crippen LogP contribution in [-0.2, 0) is 32.0 Å². The third kappa shape index (κ3) is 7.39. The van der Waals surface area contributed by atoms with Crippen LogP contribution in [0.25, 0.3) is 0 Å². The predicted octanol–water partition coefficient (Wildman–Crippen LogP) is 0.614. The zero-order valence-corrected chi connectivity index (χ0v) is 21.2. The summed E-state index contributed by atoms with van der Waals surface area (Å²) >= 11 is 0. The molecule has 1 saturated heterocycles. The van der Waals surface area contributed by atoms with Gasteiger partial charge in [-0.05, 0) is 30.7 Å². The number of hydrogen-bond donors (Lipinski definition) is 5. The normalized spacial score (nSPS) is 18.5. The van der Waals surface area contributed by atoms with Crippen LogP contribution in [0.3, 0.4) is 0 Å². The minimum atomic E-state index is -1.20. The fourth-order valence-corrected chi connectivity index (χ4v) is 4.50. The molecule has 3 rings (SSSR count). The third-order valence-corrected chi connectivity index (χ3v) is 6.84. The highest BCUT2D eigenvalue weighted by Crippen LogP contribution is 2.20. The Morgan fingerprint density at radius 3 is 2.54 bits per heavy atom. The molecule has 37 heavy (non-hydrogen) atoms. The van der Waals surface area contributed by atoms with Crippen LogP contribution in [0.4, 0.5) is 0 Å². The van der Waals surface area contributed by atoms with Crippen LogP contribution in [0.2, 0.25) is 0 Å². The van der Waals surface area contributed by atoms with Gasteiger partial charge in [-0.25, -0.2) is 9.78 Å². The van der Waals surface area contributed by atoms with E-state index in [0.717, 1.165) is 5.56 Å². The molecule has 2 aromatic rings. The van der Waals surface area contributed by atoms with Crippen molar-refractivity contribution < 1.29 is 24.3 Å². The van der Waals surface area contributed by atoms with E-state index >= 15 is 0 Å². The Labute approximate surface area is 216 Å². The van der Waals surface area contributed by atoms with Crippen molar-refractivity contribution in [3.63, 3.8) is 0 Å². The largest absolute Gasteiger partial charge is 0.480 e. The highest BCUT2D eigenvalue weighted by atomic mass is 16.4. The van der Waals surface area contributed by atoms with E-state index in [-0.39, 0.29) is 18.2 Å².